The van der Waals surface area contributed by atoms with Gasteiger partial charge < -0.3 is 15.0 Å². The fourth-order valence-corrected chi connectivity index (χ4v) is 2.96. The van der Waals surface area contributed by atoms with Gasteiger partial charge in [-0.05, 0) is 24.3 Å². The zero-order valence-electron chi connectivity index (χ0n) is 14.2. The Morgan fingerprint density at radius 1 is 1.19 bits per heavy atom. The molecule has 1 aliphatic heterocycles. The van der Waals surface area contributed by atoms with Crippen molar-refractivity contribution in [2.45, 2.75) is 6.42 Å². The standard InChI is InChI=1S/C19H16ClFN2O4/c20-13-5-1-3-7-15(13)22-17(24)11-27-19(26)12-9-18(25)23(10-12)16-8-4-2-6-14(16)21/h1-8,12H,9-11H2,(H,22,24)/t12-/m0/s1. The molecule has 3 rings (SSSR count). The van der Waals surface area contributed by atoms with Gasteiger partial charge in [0.15, 0.2) is 6.61 Å². The van der Waals surface area contributed by atoms with Gasteiger partial charge in [0, 0.05) is 13.0 Å². The average molecular weight is 391 g/mol. The number of benzene rings is 2. The second-order valence-electron chi connectivity index (χ2n) is 5.99. The largest absolute Gasteiger partial charge is 0.455 e. The number of halogens is 2. The summed E-state index contributed by atoms with van der Waals surface area (Å²) in [5, 5.41) is 2.89. The number of esters is 1. The van der Waals surface area contributed by atoms with Crippen LogP contribution in [0.15, 0.2) is 48.5 Å². The maximum absolute atomic E-state index is 13.9. The molecule has 140 valence electrons. The van der Waals surface area contributed by atoms with Crippen molar-refractivity contribution >= 4 is 40.8 Å². The second kappa shape index (κ2) is 8.18. The summed E-state index contributed by atoms with van der Waals surface area (Å²) in [6.45, 7) is -0.501. The predicted octanol–water partition coefficient (Wildman–Crippen LogP) is 3.01. The molecule has 8 heteroatoms. The molecule has 1 heterocycles. The van der Waals surface area contributed by atoms with Crippen molar-refractivity contribution < 1.29 is 23.5 Å². The van der Waals surface area contributed by atoms with Crippen LogP contribution in [0.25, 0.3) is 0 Å². The number of nitrogens with one attached hydrogen (secondary N) is 1. The van der Waals surface area contributed by atoms with E-state index in [2.05, 4.69) is 5.32 Å². The van der Waals surface area contributed by atoms with Crippen molar-refractivity contribution in [2.24, 2.45) is 5.92 Å². The summed E-state index contributed by atoms with van der Waals surface area (Å²) in [5.74, 6) is -2.91. The molecule has 0 saturated carbocycles. The number of para-hydroxylation sites is 2. The van der Waals surface area contributed by atoms with Crippen LogP contribution in [-0.2, 0) is 19.1 Å². The van der Waals surface area contributed by atoms with Gasteiger partial charge >= 0.3 is 5.97 Å². The predicted molar refractivity (Wildman–Crippen MR) is 97.9 cm³/mol. The van der Waals surface area contributed by atoms with Gasteiger partial charge in [0.2, 0.25) is 5.91 Å². The monoisotopic (exact) mass is 390 g/mol. The number of amides is 2. The average Bonchev–Trinajstić information content (AvgIpc) is 3.04. The highest BCUT2D eigenvalue weighted by Gasteiger charge is 2.37. The second-order valence-corrected chi connectivity index (χ2v) is 6.40. The maximum Gasteiger partial charge on any atom is 0.311 e. The molecule has 0 aromatic heterocycles. The van der Waals surface area contributed by atoms with Crippen LogP contribution in [0, 0.1) is 11.7 Å². The highest BCUT2D eigenvalue weighted by atomic mass is 35.5. The molecule has 0 spiro atoms. The van der Waals surface area contributed by atoms with Crippen LogP contribution in [0.3, 0.4) is 0 Å². The molecule has 1 aliphatic rings. The van der Waals surface area contributed by atoms with Gasteiger partial charge in [-0.2, -0.15) is 0 Å². The number of carbonyl (C=O) groups is 3. The minimum absolute atomic E-state index is 0.00469. The van der Waals surface area contributed by atoms with Crippen molar-refractivity contribution in [2.75, 3.05) is 23.4 Å². The lowest BCUT2D eigenvalue weighted by molar-refractivity contribution is -0.151. The Kier molecular flexibility index (Phi) is 5.71. The summed E-state index contributed by atoms with van der Waals surface area (Å²) in [6, 6.07) is 12.5. The lowest BCUT2D eigenvalue weighted by Gasteiger charge is -2.17. The number of rotatable bonds is 5. The third-order valence-corrected chi connectivity index (χ3v) is 4.42. The molecule has 2 aromatic carbocycles. The zero-order valence-corrected chi connectivity index (χ0v) is 14.9. The molecule has 0 bridgehead atoms. The molecule has 2 amide bonds. The first-order chi connectivity index (χ1) is 13.0. The molecule has 1 atom stereocenters. The van der Waals surface area contributed by atoms with E-state index in [1.165, 1.54) is 23.1 Å². The summed E-state index contributed by atoms with van der Waals surface area (Å²) in [4.78, 5) is 37.4. The Balaban J connectivity index is 1.54. The first kappa shape index (κ1) is 18.8. The van der Waals surface area contributed by atoms with Gasteiger partial charge in [-0.25, -0.2) is 4.39 Å². The molecule has 1 saturated heterocycles. The Hall–Kier alpha value is -2.93. The van der Waals surface area contributed by atoms with Gasteiger partial charge in [-0.1, -0.05) is 35.9 Å². The minimum atomic E-state index is -0.759. The first-order valence-electron chi connectivity index (χ1n) is 8.21. The minimum Gasteiger partial charge on any atom is -0.455 e. The van der Waals surface area contributed by atoms with Crippen LogP contribution >= 0.6 is 11.6 Å². The summed E-state index contributed by atoms with van der Waals surface area (Å²) in [5.41, 5.74) is 0.524. The Bertz CT molecular complexity index is 890. The molecular weight excluding hydrogens is 375 g/mol. The van der Waals surface area contributed by atoms with Gasteiger partial charge in [-0.3, -0.25) is 14.4 Å². The molecule has 1 N–H and O–H groups in total. The van der Waals surface area contributed by atoms with E-state index in [4.69, 9.17) is 16.3 Å². The molecule has 0 unspecified atom stereocenters. The van der Waals surface area contributed by atoms with Crippen LogP contribution in [0.1, 0.15) is 6.42 Å². The van der Waals surface area contributed by atoms with E-state index < -0.39 is 30.2 Å². The fraction of sp³-hybridized carbons (Fsp3) is 0.211. The normalized spacial score (nSPS) is 16.3. The van der Waals surface area contributed by atoms with Crippen molar-refractivity contribution in [3.8, 4) is 0 Å². The number of carbonyl (C=O) groups excluding carboxylic acids is 3. The topological polar surface area (TPSA) is 75.7 Å². The number of hydrogen-bond acceptors (Lipinski definition) is 4. The smallest absolute Gasteiger partial charge is 0.311 e. The summed E-state index contributed by atoms with van der Waals surface area (Å²) in [6.07, 6.45) is -0.0979. The third-order valence-electron chi connectivity index (χ3n) is 4.10. The van der Waals surface area contributed by atoms with Gasteiger partial charge in [0.05, 0.1) is 22.3 Å². The van der Waals surface area contributed by atoms with E-state index in [9.17, 15) is 18.8 Å². The van der Waals surface area contributed by atoms with E-state index in [-0.39, 0.29) is 24.6 Å². The van der Waals surface area contributed by atoms with E-state index in [1.807, 2.05) is 0 Å². The lowest BCUT2D eigenvalue weighted by atomic mass is 10.1. The first-order valence-corrected chi connectivity index (χ1v) is 8.59. The summed E-state index contributed by atoms with van der Waals surface area (Å²) in [7, 11) is 0. The van der Waals surface area contributed by atoms with E-state index in [0.717, 1.165) is 0 Å². The van der Waals surface area contributed by atoms with Crippen LogP contribution < -0.4 is 10.2 Å². The highest BCUT2D eigenvalue weighted by molar-refractivity contribution is 6.33. The van der Waals surface area contributed by atoms with Crippen LogP contribution in [0.5, 0.6) is 0 Å². The summed E-state index contributed by atoms with van der Waals surface area (Å²) >= 11 is 5.94. The van der Waals surface area contributed by atoms with Crippen LogP contribution in [0.2, 0.25) is 5.02 Å². The van der Waals surface area contributed by atoms with Crippen LogP contribution in [0.4, 0.5) is 15.8 Å². The number of nitrogens with zero attached hydrogens (tertiary/aromatic N) is 1. The van der Waals surface area contributed by atoms with E-state index in [0.29, 0.717) is 10.7 Å². The van der Waals surface area contributed by atoms with E-state index in [1.54, 1.807) is 30.3 Å². The SMILES string of the molecule is O=C(COC(=O)[C@H]1CC(=O)N(c2ccccc2F)C1)Nc1ccccc1Cl. The van der Waals surface area contributed by atoms with Crippen molar-refractivity contribution in [1.29, 1.82) is 0 Å². The van der Waals surface area contributed by atoms with Gasteiger partial charge in [0.1, 0.15) is 5.82 Å². The quantitative estimate of drug-likeness (QED) is 0.796. The molecule has 1 fully saturated rings. The van der Waals surface area contributed by atoms with Crippen molar-refractivity contribution in [3.05, 3.63) is 59.4 Å². The molecule has 2 aromatic rings. The number of ether oxygens (including phenoxy) is 1. The third kappa shape index (κ3) is 4.43. The van der Waals surface area contributed by atoms with Crippen molar-refractivity contribution in [1.82, 2.24) is 0 Å². The van der Waals surface area contributed by atoms with Gasteiger partial charge in [-0.15, -0.1) is 0 Å². The molecular formula is C19H16ClFN2O4. The Morgan fingerprint density at radius 3 is 2.63 bits per heavy atom. The van der Waals surface area contributed by atoms with Crippen LogP contribution in [-0.4, -0.2) is 30.9 Å². The number of hydrogen-bond donors (Lipinski definition) is 1. The molecule has 27 heavy (non-hydrogen) atoms. The Morgan fingerprint density at radius 2 is 1.89 bits per heavy atom. The lowest BCUT2D eigenvalue weighted by Crippen LogP contribution is -2.28. The van der Waals surface area contributed by atoms with E-state index >= 15 is 0 Å². The highest BCUT2D eigenvalue weighted by Crippen LogP contribution is 2.28. The van der Waals surface area contributed by atoms with Gasteiger partial charge in [0.25, 0.3) is 5.91 Å². The fourth-order valence-electron chi connectivity index (χ4n) is 2.77. The molecule has 6 nitrogen and oxygen atoms in total. The van der Waals surface area contributed by atoms with Crippen molar-refractivity contribution in [3.63, 3.8) is 0 Å². The molecule has 0 radical (unpaired) electrons. The maximum atomic E-state index is 13.9. The number of anilines is 2. The summed E-state index contributed by atoms with van der Waals surface area (Å²) < 4.78 is 18.9. The zero-order chi connectivity index (χ0) is 19.4. The Labute approximate surface area is 159 Å². The molecule has 0 aliphatic carbocycles.